The molecular formula is C10H14BrN3O. The van der Waals surface area contributed by atoms with Gasteiger partial charge in [-0.3, -0.25) is 0 Å². The number of halogens is 1. The van der Waals surface area contributed by atoms with Gasteiger partial charge in [0.1, 0.15) is 10.4 Å². The molecular weight excluding hydrogens is 258 g/mol. The number of aliphatic hydroxyl groups is 1. The third-order valence-electron chi connectivity index (χ3n) is 2.87. The highest BCUT2D eigenvalue weighted by atomic mass is 79.9. The molecule has 1 saturated heterocycles. The van der Waals surface area contributed by atoms with Crippen molar-refractivity contribution in [2.24, 2.45) is 5.41 Å². The van der Waals surface area contributed by atoms with Gasteiger partial charge in [-0.1, -0.05) is 6.92 Å². The van der Waals surface area contributed by atoms with Gasteiger partial charge in [0.25, 0.3) is 0 Å². The minimum absolute atomic E-state index is 0.00868. The lowest BCUT2D eigenvalue weighted by molar-refractivity contribution is 0.162. The molecule has 0 saturated carbocycles. The monoisotopic (exact) mass is 271 g/mol. The largest absolute Gasteiger partial charge is 0.396 e. The summed E-state index contributed by atoms with van der Waals surface area (Å²) in [6.07, 6.45) is 4.46. The zero-order chi connectivity index (χ0) is 10.9. The van der Waals surface area contributed by atoms with Crippen molar-refractivity contribution in [3.8, 4) is 0 Å². The van der Waals surface area contributed by atoms with Gasteiger partial charge < -0.3 is 10.0 Å². The van der Waals surface area contributed by atoms with E-state index in [0.29, 0.717) is 0 Å². The van der Waals surface area contributed by atoms with Crippen LogP contribution in [-0.2, 0) is 0 Å². The second kappa shape index (κ2) is 4.06. The fourth-order valence-electron chi connectivity index (χ4n) is 1.82. The molecule has 1 unspecified atom stereocenters. The summed E-state index contributed by atoms with van der Waals surface area (Å²) >= 11 is 3.26. The van der Waals surface area contributed by atoms with E-state index in [0.717, 1.165) is 29.9 Å². The second-order valence-corrected chi connectivity index (χ2v) is 5.15. The van der Waals surface area contributed by atoms with Crippen molar-refractivity contribution in [3.05, 3.63) is 17.0 Å². The Bertz CT molecular complexity index is 343. The fourth-order valence-corrected chi connectivity index (χ4v) is 2.02. The summed E-state index contributed by atoms with van der Waals surface area (Å²) in [6, 6.07) is 0. The van der Waals surface area contributed by atoms with Crippen molar-refractivity contribution in [2.75, 3.05) is 24.6 Å². The van der Waals surface area contributed by atoms with E-state index in [1.165, 1.54) is 0 Å². The summed E-state index contributed by atoms with van der Waals surface area (Å²) in [7, 11) is 0. The van der Waals surface area contributed by atoms with Gasteiger partial charge in [0.2, 0.25) is 0 Å². The van der Waals surface area contributed by atoms with E-state index in [1.54, 1.807) is 12.4 Å². The molecule has 15 heavy (non-hydrogen) atoms. The van der Waals surface area contributed by atoms with Crippen LogP contribution in [0.1, 0.15) is 13.3 Å². The van der Waals surface area contributed by atoms with Crippen LogP contribution in [0.2, 0.25) is 0 Å². The second-order valence-electron chi connectivity index (χ2n) is 4.34. The van der Waals surface area contributed by atoms with Crippen LogP contribution in [0.3, 0.4) is 0 Å². The van der Waals surface area contributed by atoms with Crippen LogP contribution in [-0.4, -0.2) is 34.8 Å². The molecule has 0 aromatic carbocycles. The van der Waals surface area contributed by atoms with Crippen LogP contribution in [0.25, 0.3) is 0 Å². The van der Waals surface area contributed by atoms with Crippen molar-refractivity contribution < 1.29 is 5.11 Å². The molecule has 2 rings (SSSR count). The minimum Gasteiger partial charge on any atom is -0.396 e. The van der Waals surface area contributed by atoms with Gasteiger partial charge in [0.15, 0.2) is 0 Å². The molecule has 0 spiro atoms. The molecule has 82 valence electrons. The Morgan fingerprint density at radius 2 is 2.33 bits per heavy atom. The van der Waals surface area contributed by atoms with Crippen LogP contribution < -0.4 is 4.90 Å². The average molecular weight is 272 g/mol. The van der Waals surface area contributed by atoms with Crippen LogP contribution >= 0.6 is 15.9 Å². The molecule has 1 fully saturated rings. The van der Waals surface area contributed by atoms with E-state index in [2.05, 4.69) is 37.7 Å². The Labute approximate surface area is 97.5 Å². The maximum atomic E-state index is 9.26. The summed E-state index contributed by atoms with van der Waals surface area (Å²) in [5.74, 6) is 0.885. The third kappa shape index (κ3) is 2.29. The predicted molar refractivity (Wildman–Crippen MR) is 61.8 cm³/mol. The van der Waals surface area contributed by atoms with E-state index in [4.69, 9.17) is 0 Å². The molecule has 4 nitrogen and oxygen atoms in total. The number of rotatable bonds is 2. The van der Waals surface area contributed by atoms with Crippen molar-refractivity contribution in [2.45, 2.75) is 13.3 Å². The number of aromatic nitrogens is 2. The van der Waals surface area contributed by atoms with Crippen molar-refractivity contribution in [1.82, 2.24) is 9.97 Å². The molecule has 2 heterocycles. The first-order valence-electron chi connectivity index (χ1n) is 4.96. The first-order valence-corrected chi connectivity index (χ1v) is 5.76. The number of aliphatic hydroxyl groups excluding tert-OH is 1. The number of nitrogens with zero attached hydrogens (tertiary/aromatic N) is 3. The predicted octanol–water partition coefficient (Wildman–Crippen LogP) is 1.45. The Balaban J connectivity index is 2.11. The summed E-state index contributed by atoms with van der Waals surface area (Å²) in [4.78, 5) is 10.6. The number of hydrogen-bond acceptors (Lipinski definition) is 4. The smallest absolute Gasteiger partial charge is 0.147 e. The summed E-state index contributed by atoms with van der Waals surface area (Å²) < 4.78 is 0.746. The lowest BCUT2D eigenvalue weighted by Gasteiger charge is -2.22. The maximum absolute atomic E-state index is 9.26. The fraction of sp³-hybridized carbons (Fsp3) is 0.600. The quantitative estimate of drug-likeness (QED) is 0.885. The molecule has 0 aliphatic carbocycles. The van der Waals surface area contributed by atoms with Gasteiger partial charge in [-0.25, -0.2) is 9.97 Å². The zero-order valence-corrected chi connectivity index (χ0v) is 10.2. The highest BCUT2D eigenvalue weighted by molar-refractivity contribution is 9.10. The molecule has 1 atom stereocenters. The van der Waals surface area contributed by atoms with E-state index in [-0.39, 0.29) is 12.0 Å². The zero-order valence-electron chi connectivity index (χ0n) is 8.65. The van der Waals surface area contributed by atoms with Gasteiger partial charge in [-0.05, 0) is 22.4 Å². The summed E-state index contributed by atoms with van der Waals surface area (Å²) in [6.45, 7) is 4.11. The summed E-state index contributed by atoms with van der Waals surface area (Å²) in [5.41, 5.74) is 0.00868. The molecule has 0 radical (unpaired) electrons. The topological polar surface area (TPSA) is 49.2 Å². The van der Waals surface area contributed by atoms with Crippen molar-refractivity contribution in [1.29, 1.82) is 0 Å². The lowest BCUT2D eigenvalue weighted by atomic mass is 9.91. The molecule has 5 heteroatoms. The van der Waals surface area contributed by atoms with E-state index >= 15 is 0 Å². The van der Waals surface area contributed by atoms with Crippen LogP contribution in [0.4, 0.5) is 5.82 Å². The van der Waals surface area contributed by atoms with E-state index < -0.39 is 0 Å². The lowest BCUT2D eigenvalue weighted by Crippen LogP contribution is -2.28. The SMILES string of the molecule is CC1(CO)CCN(c2cnc(Br)cn2)C1. The van der Waals surface area contributed by atoms with E-state index in [9.17, 15) is 5.11 Å². The van der Waals surface area contributed by atoms with E-state index in [1.807, 2.05) is 0 Å². The molecule has 1 aliphatic heterocycles. The van der Waals surface area contributed by atoms with Gasteiger partial charge in [0.05, 0.1) is 19.0 Å². The Hall–Kier alpha value is -0.680. The minimum atomic E-state index is 0.00868. The number of hydrogen-bond donors (Lipinski definition) is 1. The maximum Gasteiger partial charge on any atom is 0.147 e. The Morgan fingerprint density at radius 3 is 2.87 bits per heavy atom. The van der Waals surface area contributed by atoms with Gasteiger partial charge >= 0.3 is 0 Å². The Morgan fingerprint density at radius 1 is 1.53 bits per heavy atom. The van der Waals surface area contributed by atoms with Gasteiger partial charge in [-0.2, -0.15) is 0 Å². The van der Waals surface area contributed by atoms with Crippen LogP contribution in [0.15, 0.2) is 17.0 Å². The Kier molecular flexibility index (Phi) is 2.93. The number of anilines is 1. The molecule has 1 aromatic heterocycles. The normalized spacial score (nSPS) is 25.9. The molecule has 1 aliphatic rings. The highest BCUT2D eigenvalue weighted by Gasteiger charge is 2.33. The molecule has 0 amide bonds. The highest BCUT2D eigenvalue weighted by Crippen LogP contribution is 2.31. The standard InChI is InChI=1S/C10H14BrN3O/c1-10(7-15)2-3-14(6-10)9-5-12-8(11)4-13-9/h4-5,15H,2-3,6-7H2,1H3. The first-order chi connectivity index (χ1) is 7.13. The third-order valence-corrected chi connectivity index (χ3v) is 3.28. The van der Waals surface area contributed by atoms with Crippen molar-refractivity contribution >= 4 is 21.7 Å². The van der Waals surface area contributed by atoms with Gasteiger partial charge in [0, 0.05) is 18.5 Å². The van der Waals surface area contributed by atoms with Crippen LogP contribution in [0, 0.1) is 5.41 Å². The van der Waals surface area contributed by atoms with Crippen molar-refractivity contribution in [3.63, 3.8) is 0 Å². The molecule has 1 aromatic rings. The average Bonchev–Trinajstić information content (AvgIpc) is 2.63. The first kappa shape index (κ1) is 10.8. The van der Waals surface area contributed by atoms with Gasteiger partial charge in [-0.15, -0.1) is 0 Å². The summed E-state index contributed by atoms with van der Waals surface area (Å²) in [5, 5.41) is 9.26. The molecule has 1 N–H and O–H groups in total. The van der Waals surface area contributed by atoms with Crippen LogP contribution in [0.5, 0.6) is 0 Å². The molecule has 0 bridgehead atoms.